The molecular weight excluding hydrogens is 516 g/mol. The SMILES string of the molecule is Cc1nc(C2=C(N)CN(C(=O)c3ccc(F)cc3O[C@H]3C[C@@H]4CC[C@@]4(C)C(NCCO)C3F)C2)ncc1Cl. The Kier molecular flexibility index (Phi) is 7.32. The molecule has 1 aliphatic heterocycles. The summed E-state index contributed by atoms with van der Waals surface area (Å²) in [5.74, 6) is -0.384. The first-order valence-electron chi connectivity index (χ1n) is 12.8. The van der Waals surface area contributed by atoms with E-state index >= 15 is 4.39 Å². The zero-order valence-electron chi connectivity index (χ0n) is 21.4. The maximum Gasteiger partial charge on any atom is 0.258 e. The third-order valence-electron chi connectivity index (χ3n) is 8.37. The van der Waals surface area contributed by atoms with Gasteiger partial charge in [0.15, 0.2) is 12.0 Å². The summed E-state index contributed by atoms with van der Waals surface area (Å²) in [5.41, 5.74) is 7.80. The molecule has 3 aliphatic rings. The highest BCUT2D eigenvalue weighted by atomic mass is 35.5. The molecule has 0 radical (unpaired) electrons. The van der Waals surface area contributed by atoms with Gasteiger partial charge in [-0.1, -0.05) is 18.5 Å². The van der Waals surface area contributed by atoms with Crippen LogP contribution < -0.4 is 15.8 Å². The molecule has 0 bridgehead atoms. The van der Waals surface area contributed by atoms with Crippen LogP contribution in [0.5, 0.6) is 5.75 Å². The highest BCUT2D eigenvalue weighted by molar-refractivity contribution is 6.31. The molecule has 1 aromatic heterocycles. The van der Waals surface area contributed by atoms with Crippen molar-refractivity contribution in [1.82, 2.24) is 20.2 Å². The molecule has 1 aromatic carbocycles. The van der Waals surface area contributed by atoms with Gasteiger partial charge in [0, 0.05) is 36.1 Å². The summed E-state index contributed by atoms with van der Waals surface area (Å²) < 4.78 is 36.2. The predicted octanol–water partition coefficient (Wildman–Crippen LogP) is 3.26. The van der Waals surface area contributed by atoms with Crippen LogP contribution in [0.2, 0.25) is 5.02 Å². The first-order chi connectivity index (χ1) is 18.1. The molecule has 38 heavy (non-hydrogen) atoms. The van der Waals surface area contributed by atoms with E-state index in [1.807, 2.05) is 0 Å². The minimum atomic E-state index is -1.39. The molecule has 4 N–H and O–H groups in total. The van der Waals surface area contributed by atoms with E-state index in [0.29, 0.717) is 34.2 Å². The monoisotopic (exact) mass is 547 g/mol. The van der Waals surface area contributed by atoms with Gasteiger partial charge < -0.3 is 25.8 Å². The zero-order valence-corrected chi connectivity index (χ0v) is 22.1. The van der Waals surface area contributed by atoms with Crippen LogP contribution in [0.1, 0.15) is 48.1 Å². The van der Waals surface area contributed by atoms with Gasteiger partial charge in [-0.05, 0) is 49.7 Å². The fourth-order valence-corrected chi connectivity index (χ4v) is 6.07. The number of benzene rings is 1. The maximum absolute atomic E-state index is 15.8. The summed E-state index contributed by atoms with van der Waals surface area (Å²) >= 11 is 6.04. The average molecular weight is 548 g/mol. The molecule has 5 rings (SSSR count). The van der Waals surface area contributed by atoms with E-state index in [1.165, 1.54) is 23.2 Å². The van der Waals surface area contributed by atoms with Crippen LogP contribution in [0.3, 0.4) is 0 Å². The fourth-order valence-electron chi connectivity index (χ4n) is 5.98. The molecule has 1 amide bonds. The highest BCUT2D eigenvalue weighted by Gasteiger charge is 2.57. The van der Waals surface area contributed by atoms with E-state index in [2.05, 4.69) is 22.2 Å². The Hall–Kier alpha value is -2.82. The number of alkyl halides is 1. The zero-order chi connectivity index (χ0) is 27.2. The van der Waals surface area contributed by atoms with Gasteiger partial charge >= 0.3 is 0 Å². The van der Waals surface area contributed by atoms with Crippen molar-refractivity contribution in [1.29, 1.82) is 0 Å². The lowest BCUT2D eigenvalue weighted by atomic mass is 9.51. The van der Waals surface area contributed by atoms with Gasteiger partial charge in [0.05, 0.1) is 36.0 Å². The molecule has 2 fully saturated rings. The van der Waals surface area contributed by atoms with E-state index in [0.717, 1.165) is 18.9 Å². The number of carbonyl (C=O) groups is 1. The second-order valence-electron chi connectivity index (χ2n) is 10.7. The number of aliphatic hydroxyl groups is 1. The van der Waals surface area contributed by atoms with Gasteiger partial charge in [-0.25, -0.2) is 18.7 Å². The quantitative estimate of drug-likeness (QED) is 0.487. The van der Waals surface area contributed by atoms with Crippen molar-refractivity contribution >= 4 is 23.1 Å². The van der Waals surface area contributed by atoms with Gasteiger partial charge in [0.1, 0.15) is 17.7 Å². The fraction of sp³-hybridized carbons (Fsp3) is 0.519. The Morgan fingerprint density at radius 3 is 2.87 bits per heavy atom. The van der Waals surface area contributed by atoms with Crippen LogP contribution in [-0.4, -0.2) is 70.4 Å². The third-order valence-corrected chi connectivity index (χ3v) is 8.74. The Morgan fingerprint density at radius 1 is 1.39 bits per heavy atom. The molecule has 0 saturated heterocycles. The number of rotatable bonds is 7. The minimum Gasteiger partial charge on any atom is -0.486 e. The number of fused-ring (bicyclic) bond motifs is 1. The average Bonchev–Trinajstić information content (AvgIpc) is 3.27. The van der Waals surface area contributed by atoms with Crippen LogP contribution in [0.4, 0.5) is 8.78 Å². The van der Waals surface area contributed by atoms with E-state index in [9.17, 15) is 14.3 Å². The number of nitrogens with zero attached hydrogens (tertiary/aromatic N) is 3. The molecule has 11 heteroatoms. The Bertz CT molecular complexity index is 1280. The summed E-state index contributed by atoms with van der Waals surface area (Å²) in [4.78, 5) is 23.7. The van der Waals surface area contributed by atoms with Crippen LogP contribution in [0.25, 0.3) is 5.57 Å². The van der Waals surface area contributed by atoms with Gasteiger partial charge in [-0.2, -0.15) is 0 Å². The number of halogens is 3. The smallest absolute Gasteiger partial charge is 0.258 e. The molecule has 204 valence electrons. The number of nitrogens with one attached hydrogen (secondary N) is 1. The minimum absolute atomic E-state index is 0.00269. The van der Waals surface area contributed by atoms with Crippen molar-refractivity contribution < 1.29 is 23.4 Å². The second kappa shape index (κ2) is 10.4. The van der Waals surface area contributed by atoms with Gasteiger partial charge in [-0.3, -0.25) is 4.79 Å². The summed E-state index contributed by atoms with van der Waals surface area (Å²) in [7, 11) is 0. The number of carbonyl (C=O) groups excluding carboxylic acids is 1. The van der Waals surface area contributed by atoms with Crippen molar-refractivity contribution in [3.63, 3.8) is 0 Å². The van der Waals surface area contributed by atoms with Gasteiger partial charge in [0.2, 0.25) is 0 Å². The van der Waals surface area contributed by atoms with Crippen molar-refractivity contribution in [2.75, 3.05) is 26.2 Å². The second-order valence-corrected chi connectivity index (χ2v) is 11.1. The van der Waals surface area contributed by atoms with Crippen molar-refractivity contribution in [2.24, 2.45) is 17.1 Å². The number of ether oxygens (including phenoxy) is 1. The van der Waals surface area contributed by atoms with E-state index < -0.39 is 30.0 Å². The Morgan fingerprint density at radius 2 is 2.18 bits per heavy atom. The summed E-state index contributed by atoms with van der Waals surface area (Å²) in [6.07, 6.45) is 1.54. The van der Waals surface area contributed by atoms with Crippen molar-refractivity contribution in [3.8, 4) is 5.75 Å². The Balaban J connectivity index is 1.36. The largest absolute Gasteiger partial charge is 0.486 e. The third kappa shape index (κ3) is 4.74. The van der Waals surface area contributed by atoms with E-state index in [1.54, 1.807) is 6.92 Å². The normalized spacial score (nSPS) is 28.7. The van der Waals surface area contributed by atoms with Gasteiger partial charge in [-0.15, -0.1) is 0 Å². The lowest BCUT2D eigenvalue weighted by Crippen LogP contribution is -2.65. The van der Waals surface area contributed by atoms with Gasteiger partial charge in [0.25, 0.3) is 5.91 Å². The van der Waals surface area contributed by atoms with Crippen LogP contribution in [0, 0.1) is 24.1 Å². The topological polar surface area (TPSA) is 114 Å². The molecule has 2 unspecified atom stereocenters. The van der Waals surface area contributed by atoms with Crippen molar-refractivity contribution in [3.05, 3.63) is 58.0 Å². The lowest BCUT2D eigenvalue weighted by molar-refractivity contribution is -0.113. The maximum atomic E-state index is 15.8. The number of aliphatic hydroxyl groups excluding tert-OH is 1. The molecule has 2 aliphatic carbocycles. The van der Waals surface area contributed by atoms with Crippen LogP contribution in [0.15, 0.2) is 30.1 Å². The molecule has 2 heterocycles. The number of amides is 1. The number of hydrogen-bond donors (Lipinski definition) is 3. The number of aromatic nitrogens is 2. The standard InChI is InChI=1S/C27H32ClF2N5O3/c1-14-19(28)11-33-25(34-14)18-12-35(13-20(18)31)26(37)17-4-3-16(29)10-21(17)38-22-9-15-5-6-27(15,2)24(23(22)30)32-7-8-36/h3-4,10-11,15,22-24,32,36H,5-9,12-13,31H2,1-2H3/t15-,22-,23?,24?,27+/m0/s1. The molecular formula is C27H32ClF2N5O3. The van der Waals surface area contributed by atoms with E-state index in [-0.39, 0.29) is 48.9 Å². The van der Waals surface area contributed by atoms with E-state index in [4.69, 9.17) is 22.1 Å². The number of nitrogens with two attached hydrogens (primary N) is 1. The summed E-state index contributed by atoms with van der Waals surface area (Å²) in [5, 5.41) is 12.8. The lowest BCUT2D eigenvalue weighted by Gasteiger charge is -2.58. The summed E-state index contributed by atoms with van der Waals surface area (Å²) in [6.45, 7) is 4.28. The summed E-state index contributed by atoms with van der Waals surface area (Å²) in [6, 6.07) is 3.16. The van der Waals surface area contributed by atoms with Crippen molar-refractivity contribution in [2.45, 2.75) is 51.4 Å². The molecule has 5 atom stereocenters. The number of aryl methyl sites for hydroxylation is 1. The van der Waals surface area contributed by atoms with Crippen LogP contribution in [-0.2, 0) is 0 Å². The molecule has 8 nitrogen and oxygen atoms in total. The van der Waals surface area contributed by atoms with Crippen LogP contribution >= 0.6 is 11.6 Å². The highest BCUT2D eigenvalue weighted by Crippen LogP contribution is 2.56. The first-order valence-corrected chi connectivity index (χ1v) is 13.2. The first kappa shape index (κ1) is 26.8. The molecule has 2 aromatic rings. The predicted molar refractivity (Wildman–Crippen MR) is 139 cm³/mol. The number of hydrogen-bond acceptors (Lipinski definition) is 7. The molecule has 0 spiro atoms. The Labute approximate surface area is 225 Å². The molecule has 2 saturated carbocycles.